The molecule has 32 heavy (non-hydrogen) atoms. The zero-order valence-corrected chi connectivity index (χ0v) is 18.5. The molecule has 0 spiro atoms. The van der Waals surface area contributed by atoms with Crippen LogP contribution in [0.1, 0.15) is 21.5 Å². The van der Waals surface area contributed by atoms with E-state index >= 15 is 0 Å². The molecule has 1 heterocycles. The number of aromatic nitrogens is 2. The average molecular weight is 447 g/mol. The lowest BCUT2D eigenvalue weighted by Gasteiger charge is -2.07. The van der Waals surface area contributed by atoms with Crippen LogP contribution in [0.5, 0.6) is 11.5 Å². The van der Waals surface area contributed by atoms with Crippen LogP contribution in [-0.2, 0) is 5.75 Å². The predicted molar refractivity (Wildman–Crippen MR) is 127 cm³/mol. The number of thioether (sulfide) groups is 1. The summed E-state index contributed by atoms with van der Waals surface area (Å²) in [5, 5.41) is 4.91. The van der Waals surface area contributed by atoms with E-state index in [4.69, 9.17) is 9.47 Å². The molecule has 7 nitrogen and oxygen atoms in total. The van der Waals surface area contributed by atoms with Gasteiger partial charge in [-0.05, 0) is 42.0 Å². The third kappa shape index (κ3) is 5.09. The van der Waals surface area contributed by atoms with Gasteiger partial charge in [-0.1, -0.05) is 36.0 Å². The standard InChI is InChI=1S/C24H22N4O3S/c1-30-19-12-11-18(22(13-19)31-2)14-25-28-23(29)17-9-7-16(8-10-17)15-32-24-26-20-5-3-4-6-21(20)27-24/h3-14H,15H2,1-2H3,(H,26,27)(H,28,29)/b25-14+. The Labute approximate surface area is 189 Å². The second-order valence-electron chi connectivity index (χ2n) is 6.85. The highest BCUT2D eigenvalue weighted by molar-refractivity contribution is 7.98. The number of H-pyrrole nitrogens is 1. The molecule has 0 aliphatic rings. The first-order valence-electron chi connectivity index (χ1n) is 9.88. The van der Waals surface area contributed by atoms with E-state index in [9.17, 15) is 4.79 Å². The number of amides is 1. The Morgan fingerprint density at radius 3 is 2.66 bits per heavy atom. The third-order valence-electron chi connectivity index (χ3n) is 4.77. The summed E-state index contributed by atoms with van der Waals surface area (Å²) in [6.07, 6.45) is 1.54. The number of para-hydroxylation sites is 2. The first kappa shape index (κ1) is 21.5. The molecule has 0 aliphatic carbocycles. The number of carbonyl (C=O) groups excluding carboxylic acids is 1. The molecule has 4 aromatic rings. The summed E-state index contributed by atoms with van der Waals surface area (Å²) in [6, 6.07) is 20.7. The Balaban J connectivity index is 1.33. The van der Waals surface area contributed by atoms with Crippen molar-refractivity contribution < 1.29 is 14.3 Å². The Bertz CT molecular complexity index is 1220. The molecule has 8 heteroatoms. The first-order valence-corrected chi connectivity index (χ1v) is 10.9. The molecule has 0 aliphatic heterocycles. The van der Waals surface area contributed by atoms with E-state index in [1.54, 1.807) is 50.2 Å². The summed E-state index contributed by atoms with van der Waals surface area (Å²) < 4.78 is 10.5. The highest BCUT2D eigenvalue weighted by atomic mass is 32.2. The van der Waals surface area contributed by atoms with Gasteiger partial charge in [-0.15, -0.1) is 0 Å². The third-order valence-corrected chi connectivity index (χ3v) is 5.71. The Morgan fingerprint density at radius 2 is 1.91 bits per heavy atom. The normalized spacial score (nSPS) is 11.1. The first-order chi connectivity index (χ1) is 15.7. The molecule has 0 fully saturated rings. The van der Waals surface area contributed by atoms with Crippen LogP contribution in [0.2, 0.25) is 0 Å². The van der Waals surface area contributed by atoms with Gasteiger partial charge in [0.1, 0.15) is 11.5 Å². The van der Waals surface area contributed by atoms with Crippen molar-refractivity contribution in [3.63, 3.8) is 0 Å². The van der Waals surface area contributed by atoms with Gasteiger partial charge in [0, 0.05) is 22.9 Å². The fourth-order valence-corrected chi connectivity index (χ4v) is 3.89. The van der Waals surface area contributed by atoms with E-state index < -0.39 is 0 Å². The minimum absolute atomic E-state index is 0.287. The van der Waals surface area contributed by atoms with Crippen LogP contribution in [0.3, 0.4) is 0 Å². The van der Waals surface area contributed by atoms with Crippen LogP contribution in [0, 0.1) is 0 Å². The van der Waals surface area contributed by atoms with Gasteiger partial charge in [0.05, 0.1) is 31.5 Å². The maximum absolute atomic E-state index is 12.4. The molecule has 162 valence electrons. The Morgan fingerprint density at radius 1 is 1.09 bits per heavy atom. The van der Waals surface area contributed by atoms with Crippen molar-refractivity contribution in [2.45, 2.75) is 10.9 Å². The minimum Gasteiger partial charge on any atom is -0.497 e. The van der Waals surface area contributed by atoms with Gasteiger partial charge in [0.2, 0.25) is 0 Å². The van der Waals surface area contributed by atoms with Crippen LogP contribution in [0.15, 0.2) is 77.0 Å². The molecule has 0 radical (unpaired) electrons. The quantitative estimate of drug-likeness (QED) is 0.234. The van der Waals surface area contributed by atoms with Gasteiger partial charge in [-0.3, -0.25) is 4.79 Å². The number of aromatic amines is 1. The molecule has 1 amide bonds. The van der Waals surface area contributed by atoms with E-state index in [2.05, 4.69) is 20.5 Å². The largest absolute Gasteiger partial charge is 0.497 e. The molecule has 0 atom stereocenters. The molecule has 0 saturated heterocycles. The maximum Gasteiger partial charge on any atom is 0.271 e. The number of nitrogens with one attached hydrogen (secondary N) is 2. The van der Waals surface area contributed by atoms with Crippen LogP contribution >= 0.6 is 11.8 Å². The summed E-state index contributed by atoms with van der Waals surface area (Å²) in [5.41, 5.74) is 6.87. The van der Waals surface area contributed by atoms with Crippen molar-refractivity contribution in [1.82, 2.24) is 15.4 Å². The predicted octanol–water partition coefficient (Wildman–Crippen LogP) is 4.64. The van der Waals surface area contributed by atoms with Crippen molar-refractivity contribution >= 4 is 34.9 Å². The Kier molecular flexibility index (Phi) is 6.72. The number of imidazole rings is 1. The second kappa shape index (κ2) is 10.0. The smallest absolute Gasteiger partial charge is 0.271 e. The number of rotatable bonds is 8. The van der Waals surface area contributed by atoms with E-state index in [-0.39, 0.29) is 5.91 Å². The number of hydrazone groups is 1. The van der Waals surface area contributed by atoms with Gasteiger partial charge in [0.15, 0.2) is 5.16 Å². The number of carbonyl (C=O) groups is 1. The molecular formula is C24H22N4O3S. The summed E-state index contributed by atoms with van der Waals surface area (Å²) >= 11 is 1.62. The molecule has 0 bridgehead atoms. The highest BCUT2D eigenvalue weighted by Gasteiger charge is 2.07. The molecule has 0 unspecified atom stereocenters. The van der Waals surface area contributed by atoms with E-state index in [1.165, 1.54) is 6.21 Å². The Hall–Kier alpha value is -3.78. The van der Waals surface area contributed by atoms with Gasteiger partial charge in [-0.2, -0.15) is 5.10 Å². The lowest BCUT2D eigenvalue weighted by atomic mass is 10.1. The van der Waals surface area contributed by atoms with E-state index in [0.29, 0.717) is 17.1 Å². The molecule has 3 aromatic carbocycles. The molecule has 1 aromatic heterocycles. The van der Waals surface area contributed by atoms with E-state index in [0.717, 1.165) is 33.1 Å². The number of nitrogens with zero attached hydrogens (tertiary/aromatic N) is 2. The van der Waals surface area contributed by atoms with Gasteiger partial charge in [0.25, 0.3) is 5.91 Å². The average Bonchev–Trinajstić information content (AvgIpc) is 3.26. The topological polar surface area (TPSA) is 88.6 Å². The van der Waals surface area contributed by atoms with Gasteiger partial charge >= 0.3 is 0 Å². The molecule has 4 rings (SSSR count). The van der Waals surface area contributed by atoms with Crippen molar-refractivity contribution in [2.24, 2.45) is 5.10 Å². The number of hydrogen-bond acceptors (Lipinski definition) is 6. The van der Waals surface area contributed by atoms with Crippen LogP contribution in [0.4, 0.5) is 0 Å². The van der Waals surface area contributed by atoms with E-state index in [1.807, 2.05) is 42.5 Å². The molecule has 0 saturated carbocycles. The van der Waals surface area contributed by atoms with Gasteiger partial charge < -0.3 is 14.5 Å². The lowest BCUT2D eigenvalue weighted by molar-refractivity contribution is 0.0955. The van der Waals surface area contributed by atoms with Crippen LogP contribution < -0.4 is 14.9 Å². The number of benzene rings is 3. The fraction of sp³-hybridized carbons (Fsp3) is 0.125. The van der Waals surface area contributed by atoms with Crippen molar-refractivity contribution in [2.75, 3.05) is 14.2 Å². The summed E-state index contributed by atoms with van der Waals surface area (Å²) in [5.74, 6) is 1.75. The van der Waals surface area contributed by atoms with Crippen molar-refractivity contribution in [1.29, 1.82) is 0 Å². The minimum atomic E-state index is -0.287. The van der Waals surface area contributed by atoms with Crippen molar-refractivity contribution in [3.8, 4) is 11.5 Å². The maximum atomic E-state index is 12.4. The molecular weight excluding hydrogens is 424 g/mol. The molecule has 2 N–H and O–H groups in total. The van der Waals surface area contributed by atoms with Crippen molar-refractivity contribution in [3.05, 3.63) is 83.4 Å². The lowest BCUT2D eigenvalue weighted by Crippen LogP contribution is -2.17. The highest BCUT2D eigenvalue weighted by Crippen LogP contribution is 2.24. The van der Waals surface area contributed by atoms with Crippen LogP contribution in [-0.4, -0.2) is 36.3 Å². The second-order valence-corrected chi connectivity index (χ2v) is 7.82. The fourth-order valence-electron chi connectivity index (χ4n) is 3.05. The van der Waals surface area contributed by atoms with Crippen LogP contribution in [0.25, 0.3) is 11.0 Å². The number of hydrogen-bond donors (Lipinski definition) is 2. The summed E-state index contributed by atoms with van der Waals surface area (Å²) in [7, 11) is 3.16. The monoisotopic (exact) mass is 446 g/mol. The zero-order valence-electron chi connectivity index (χ0n) is 17.7. The zero-order chi connectivity index (χ0) is 22.3. The SMILES string of the molecule is COc1ccc(/C=N/NC(=O)c2ccc(CSc3nc4ccccc4[nH]3)cc2)c(OC)c1. The summed E-state index contributed by atoms with van der Waals surface area (Å²) in [4.78, 5) is 20.3. The summed E-state index contributed by atoms with van der Waals surface area (Å²) in [6.45, 7) is 0. The van der Waals surface area contributed by atoms with Gasteiger partial charge in [-0.25, -0.2) is 10.4 Å². The number of methoxy groups -OCH3 is 2. The number of ether oxygens (including phenoxy) is 2. The number of fused-ring (bicyclic) bond motifs is 1.